The number of carbonyl (C=O) groups is 1. The van der Waals surface area contributed by atoms with Gasteiger partial charge in [-0.25, -0.2) is 9.37 Å². The number of piperidine rings is 1. The van der Waals surface area contributed by atoms with Gasteiger partial charge < -0.3 is 25.2 Å². The van der Waals surface area contributed by atoms with Crippen LogP contribution in [0.1, 0.15) is 22.5 Å². The van der Waals surface area contributed by atoms with Gasteiger partial charge in [-0.3, -0.25) is 9.20 Å². The molecule has 0 unspecified atom stereocenters. The number of alkyl halides is 4. The number of imidazole rings is 1. The van der Waals surface area contributed by atoms with E-state index in [2.05, 4.69) is 27.5 Å². The number of hydrogen-bond acceptors (Lipinski definition) is 7. The van der Waals surface area contributed by atoms with Gasteiger partial charge in [-0.2, -0.15) is 13.2 Å². The molecule has 0 radical (unpaired) electrons. The molecule has 2 aromatic heterocycles. The number of fused-ring (bicyclic) bond motifs is 1. The number of benzene rings is 1. The smallest absolute Gasteiger partial charge is 0.447 e. The Kier molecular flexibility index (Phi) is 9.00. The third-order valence-corrected chi connectivity index (χ3v) is 7.16. The fourth-order valence-electron chi connectivity index (χ4n) is 4.43. The molecule has 0 aliphatic carbocycles. The fourth-order valence-corrected chi connectivity index (χ4v) is 5.09. The molecule has 3 aromatic rings. The molecule has 3 heterocycles. The summed E-state index contributed by atoms with van der Waals surface area (Å²) in [5.41, 5.74) is -3.21. The number of pyridine rings is 1. The van der Waals surface area contributed by atoms with Crippen LogP contribution >= 0.6 is 11.8 Å². The Balaban J connectivity index is 1.64. The number of anilines is 2. The number of amides is 1. The molecule has 1 aliphatic rings. The van der Waals surface area contributed by atoms with Crippen molar-refractivity contribution in [3.8, 4) is 17.6 Å². The molecule has 214 valence electrons. The van der Waals surface area contributed by atoms with Crippen molar-refractivity contribution in [1.29, 1.82) is 0 Å². The zero-order valence-electron chi connectivity index (χ0n) is 22.5. The van der Waals surface area contributed by atoms with Crippen molar-refractivity contribution >= 4 is 34.7 Å². The molecule has 1 saturated heterocycles. The van der Waals surface area contributed by atoms with Gasteiger partial charge in [-0.05, 0) is 43.7 Å². The van der Waals surface area contributed by atoms with Crippen LogP contribution in [0.2, 0.25) is 0 Å². The highest BCUT2D eigenvalue weighted by atomic mass is 32.2. The minimum absolute atomic E-state index is 0.00229. The minimum Gasteiger partial charge on any atom is -0.495 e. The van der Waals surface area contributed by atoms with E-state index in [-0.39, 0.29) is 47.1 Å². The van der Waals surface area contributed by atoms with Crippen LogP contribution in [-0.2, 0) is 0 Å². The van der Waals surface area contributed by atoms with Gasteiger partial charge in [0.2, 0.25) is 0 Å². The molecular weight excluding hydrogens is 548 g/mol. The SMILES string of the molecule is COc1cccc(C(=O)N(C)C)c1NCC#Cc1nc2c(N[C@@H]3CCN(C)C[C@@H]3F)cccn2c1SC(F)(F)F. The maximum absolute atomic E-state index is 14.7. The number of methoxy groups -OCH3 is 1. The summed E-state index contributed by atoms with van der Waals surface area (Å²) in [6.45, 7) is 0.965. The van der Waals surface area contributed by atoms with E-state index >= 15 is 0 Å². The molecule has 1 aliphatic heterocycles. The van der Waals surface area contributed by atoms with E-state index in [9.17, 15) is 22.4 Å². The number of ether oxygens (including phenoxy) is 1. The standard InChI is InChI=1S/C27H30F4N6O2S/c1-35(2)25(38)17-8-5-11-22(39-4)23(17)32-13-6-9-21-26(40-27(29,30)31)37-14-7-10-20(24(37)34-21)33-19-12-15-36(3)16-18(19)28/h5,7-8,10-11,14,18-19,32-33H,12-13,15-16H2,1-4H3/t18-,19+/m0/s1. The average Bonchev–Trinajstić information content (AvgIpc) is 3.24. The van der Waals surface area contributed by atoms with Gasteiger partial charge in [-0.1, -0.05) is 12.0 Å². The lowest BCUT2D eigenvalue weighted by Crippen LogP contribution is -2.46. The summed E-state index contributed by atoms with van der Waals surface area (Å²) in [6.07, 6.45) is 0.881. The predicted molar refractivity (Wildman–Crippen MR) is 148 cm³/mol. The van der Waals surface area contributed by atoms with E-state index in [1.807, 2.05) is 11.9 Å². The highest BCUT2D eigenvalue weighted by molar-refractivity contribution is 8.00. The van der Waals surface area contributed by atoms with E-state index in [0.29, 0.717) is 35.7 Å². The molecule has 40 heavy (non-hydrogen) atoms. The number of carbonyl (C=O) groups excluding carboxylic acids is 1. The Hall–Kier alpha value is -3.63. The first-order chi connectivity index (χ1) is 19.0. The first-order valence-corrected chi connectivity index (χ1v) is 13.3. The third-order valence-electron chi connectivity index (χ3n) is 6.35. The number of rotatable bonds is 7. The molecule has 13 heteroatoms. The average molecular weight is 579 g/mol. The Morgan fingerprint density at radius 2 is 2.05 bits per heavy atom. The van der Waals surface area contributed by atoms with Crippen LogP contribution in [0.25, 0.3) is 5.65 Å². The normalized spacial score (nSPS) is 17.7. The number of hydrogen-bond donors (Lipinski definition) is 2. The topological polar surface area (TPSA) is 74.1 Å². The van der Waals surface area contributed by atoms with Crippen molar-refractivity contribution in [1.82, 2.24) is 19.2 Å². The van der Waals surface area contributed by atoms with Crippen LogP contribution in [0.4, 0.5) is 28.9 Å². The second kappa shape index (κ2) is 12.3. The number of likely N-dealkylation sites (tertiary alicyclic amines) is 1. The Labute approximate surface area is 234 Å². The fraction of sp³-hybridized carbons (Fsp3) is 0.407. The second-order valence-corrected chi connectivity index (χ2v) is 10.5. The lowest BCUT2D eigenvalue weighted by molar-refractivity contribution is -0.0330. The van der Waals surface area contributed by atoms with Crippen LogP contribution in [0.15, 0.2) is 41.6 Å². The van der Waals surface area contributed by atoms with E-state index < -0.39 is 17.7 Å². The van der Waals surface area contributed by atoms with Crippen LogP contribution in [0.5, 0.6) is 5.75 Å². The Bertz CT molecular complexity index is 1430. The van der Waals surface area contributed by atoms with Crippen molar-refractivity contribution in [3.05, 3.63) is 47.8 Å². The number of nitrogens with zero attached hydrogens (tertiary/aromatic N) is 4. The quantitative estimate of drug-likeness (QED) is 0.242. The molecule has 1 aromatic carbocycles. The van der Waals surface area contributed by atoms with E-state index in [4.69, 9.17) is 4.74 Å². The summed E-state index contributed by atoms with van der Waals surface area (Å²) in [5, 5.41) is 5.99. The number of thioether (sulfide) groups is 1. The molecule has 2 N–H and O–H groups in total. The van der Waals surface area contributed by atoms with Crippen molar-refractivity contribution in [3.63, 3.8) is 0 Å². The summed E-state index contributed by atoms with van der Waals surface area (Å²) >= 11 is -0.312. The molecule has 1 fully saturated rings. The second-order valence-electron chi connectivity index (χ2n) is 9.48. The zero-order valence-corrected chi connectivity index (χ0v) is 23.3. The maximum atomic E-state index is 14.7. The summed E-state index contributed by atoms with van der Waals surface area (Å²) < 4.78 is 61.9. The van der Waals surface area contributed by atoms with Gasteiger partial charge in [0.1, 0.15) is 22.6 Å². The lowest BCUT2D eigenvalue weighted by atomic mass is 10.0. The van der Waals surface area contributed by atoms with Crippen LogP contribution < -0.4 is 15.4 Å². The van der Waals surface area contributed by atoms with E-state index in [0.717, 1.165) is 0 Å². The molecule has 0 spiro atoms. The van der Waals surface area contributed by atoms with E-state index in [1.54, 1.807) is 44.4 Å². The lowest BCUT2D eigenvalue weighted by Gasteiger charge is -2.33. The summed E-state index contributed by atoms with van der Waals surface area (Å²) in [7, 11) is 6.56. The highest BCUT2D eigenvalue weighted by Crippen LogP contribution is 2.39. The Morgan fingerprint density at radius 3 is 2.73 bits per heavy atom. The monoisotopic (exact) mass is 578 g/mol. The zero-order chi connectivity index (χ0) is 29.0. The van der Waals surface area contributed by atoms with Crippen molar-refractivity contribution < 1.29 is 27.1 Å². The van der Waals surface area contributed by atoms with Gasteiger partial charge in [0.15, 0.2) is 5.65 Å². The number of aromatic nitrogens is 2. The van der Waals surface area contributed by atoms with Crippen LogP contribution in [0.3, 0.4) is 0 Å². The highest BCUT2D eigenvalue weighted by Gasteiger charge is 2.34. The molecule has 0 bridgehead atoms. The van der Waals surface area contributed by atoms with Crippen LogP contribution in [-0.4, -0.2) is 90.7 Å². The minimum atomic E-state index is -4.58. The van der Waals surface area contributed by atoms with E-state index in [1.165, 1.54) is 22.6 Å². The maximum Gasteiger partial charge on any atom is 0.447 e. The van der Waals surface area contributed by atoms with Gasteiger partial charge >= 0.3 is 5.51 Å². The first kappa shape index (κ1) is 29.4. The number of halogens is 4. The van der Waals surface area contributed by atoms with Gasteiger partial charge in [0, 0.05) is 45.1 Å². The summed E-state index contributed by atoms with van der Waals surface area (Å²) in [5.74, 6) is 5.72. The Morgan fingerprint density at radius 1 is 1.27 bits per heavy atom. The molecule has 4 rings (SSSR count). The van der Waals surface area contributed by atoms with Crippen molar-refractivity contribution in [2.24, 2.45) is 0 Å². The predicted octanol–water partition coefficient (Wildman–Crippen LogP) is 4.57. The molecule has 8 nitrogen and oxygen atoms in total. The molecular formula is C27H30F4N6O2S. The summed E-state index contributed by atoms with van der Waals surface area (Å²) in [4.78, 5) is 20.3. The number of nitrogens with one attached hydrogen (secondary N) is 2. The van der Waals surface area contributed by atoms with Crippen molar-refractivity contribution in [2.45, 2.75) is 29.2 Å². The van der Waals surface area contributed by atoms with Gasteiger partial charge in [0.05, 0.1) is 36.6 Å². The third kappa shape index (κ3) is 6.74. The number of para-hydroxylation sites is 1. The largest absolute Gasteiger partial charge is 0.495 e. The van der Waals surface area contributed by atoms with Gasteiger partial charge in [-0.15, -0.1) is 0 Å². The molecule has 1 amide bonds. The first-order valence-electron chi connectivity index (χ1n) is 12.5. The van der Waals surface area contributed by atoms with Gasteiger partial charge in [0.25, 0.3) is 5.91 Å². The van der Waals surface area contributed by atoms with Crippen LogP contribution in [0, 0.1) is 11.8 Å². The summed E-state index contributed by atoms with van der Waals surface area (Å²) in [6, 6.07) is 7.77. The molecule has 0 saturated carbocycles. The van der Waals surface area contributed by atoms with Crippen molar-refractivity contribution in [2.75, 3.05) is 58.5 Å². The molecule has 2 atom stereocenters.